The number of anilines is 2. The fourth-order valence-electron chi connectivity index (χ4n) is 2.88. The lowest BCUT2D eigenvalue weighted by Gasteiger charge is -2.10. The largest absolute Gasteiger partial charge is 0.484 e. The van der Waals surface area contributed by atoms with Crippen LogP contribution in [0.5, 0.6) is 5.75 Å². The highest BCUT2D eigenvalue weighted by Gasteiger charge is 2.30. The number of rotatable bonds is 7. The van der Waals surface area contributed by atoms with Gasteiger partial charge in [-0.3, -0.25) is 9.59 Å². The summed E-state index contributed by atoms with van der Waals surface area (Å²) >= 11 is 0. The Morgan fingerprint density at radius 2 is 1.71 bits per heavy atom. The molecule has 3 rings (SSSR count). The minimum Gasteiger partial charge on any atom is -0.484 e. The molecule has 2 amide bonds. The first-order chi connectivity index (χ1) is 16.7. The van der Waals surface area contributed by atoms with Crippen molar-refractivity contribution < 1.29 is 31.9 Å². The number of hydrogen-bond acceptors (Lipinski definition) is 4. The number of amides is 2. The number of carbonyl (C=O) groups excluding carboxylic acids is 2. The molecule has 0 bridgehead atoms. The first-order valence-electron chi connectivity index (χ1n) is 10.0. The van der Waals surface area contributed by atoms with E-state index in [2.05, 4.69) is 10.6 Å². The number of hydrogen-bond donors (Lipinski definition) is 2. The molecule has 0 saturated heterocycles. The molecule has 6 nitrogen and oxygen atoms in total. The van der Waals surface area contributed by atoms with Gasteiger partial charge in [-0.1, -0.05) is 30.3 Å². The van der Waals surface area contributed by atoms with Crippen molar-refractivity contribution in [1.29, 1.82) is 5.26 Å². The summed E-state index contributed by atoms with van der Waals surface area (Å²) in [6, 6.07) is 17.4. The van der Waals surface area contributed by atoms with Gasteiger partial charge in [-0.25, -0.2) is 4.39 Å². The van der Waals surface area contributed by atoms with Gasteiger partial charge in [0.1, 0.15) is 23.2 Å². The van der Waals surface area contributed by atoms with Gasteiger partial charge in [0.05, 0.1) is 11.3 Å². The summed E-state index contributed by atoms with van der Waals surface area (Å²) in [6.07, 6.45) is -3.36. The van der Waals surface area contributed by atoms with Crippen molar-refractivity contribution in [2.75, 3.05) is 17.2 Å². The van der Waals surface area contributed by atoms with Crippen LogP contribution in [0.1, 0.15) is 11.1 Å². The molecular weight excluding hydrogens is 466 g/mol. The van der Waals surface area contributed by atoms with Crippen molar-refractivity contribution in [3.8, 4) is 11.8 Å². The van der Waals surface area contributed by atoms with Crippen LogP contribution >= 0.6 is 0 Å². The lowest BCUT2D eigenvalue weighted by atomic mass is 10.1. The molecule has 0 aliphatic heterocycles. The lowest BCUT2D eigenvalue weighted by molar-refractivity contribution is -0.137. The smallest absolute Gasteiger partial charge is 0.416 e. The Hall–Kier alpha value is -4.65. The van der Waals surface area contributed by atoms with Crippen LogP contribution in [0.2, 0.25) is 0 Å². The van der Waals surface area contributed by atoms with E-state index in [4.69, 9.17) is 4.74 Å². The number of nitrogens with one attached hydrogen (secondary N) is 2. The molecule has 10 heteroatoms. The molecule has 0 spiro atoms. The average molecular weight is 483 g/mol. The minimum atomic E-state index is -4.58. The number of para-hydroxylation sites is 1. The Morgan fingerprint density at radius 3 is 2.43 bits per heavy atom. The Morgan fingerprint density at radius 1 is 0.971 bits per heavy atom. The van der Waals surface area contributed by atoms with Gasteiger partial charge in [0.25, 0.3) is 11.8 Å². The number of nitrogens with zero attached hydrogens (tertiary/aromatic N) is 1. The highest BCUT2D eigenvalue weighted by Crippen LogP contribution is 2.30. The zero-order valence-corrected chi connectivity index (χ0v) is 17.9. The summed E-state index contributed by atoms with van der Waals surface area (Å²) in [5.74, 6) is -1.87. The Labute approximate surface area is 197 Å². The van der Waals surface area contributed by atoms with Crippen molar-refractivity contribution >= 4 is 29.3 Å². The number of alkyl halides is 3. The Kier molecular flexibility index (Phi) is 7.84. The SMILES string of the molecule is N#C/C(=C\c1cccc(OCC(=O)Nc2ccccc2F)c1)C(=O)Nc1cccc(C(F)(F)F)c1. The van der Waals surface area contributed by atoms with Crippen molar-refractivity contribution in [3.63, 3.8) is 0 Å². The van der Waals surface area contributed by atoms with Crippen LogP contribution < -0.4 is 15.4 Å². The van der Waals surface area contributed by atoms with Crippen molar-refractivity contribution in [3.05, 3.63) is 95.3 Å². The molecule has 0 heterocycles. The van der Waals surface area contributed by atoms with Crippen LogP contribution in [0, 0.1) is 17.1 Å². The third-order valence-electron chi connectivity index (χ3n) is 4.50. The van der Waals surface area contributed by atoms with Gasteiger partial charge in [-0.05, 0) is 54.1 Å². The third kappa shape index (κ3) is 7.17. The molecule has 0 radical (unpaired) electrons. The monoisotopic (exact) mass is 483 g/mol. The Balaban J connectivity index is 1.66. The summed E-state index contributed by atoms with van der Waals surface area (Å²) in [5.41, 5.74) is -1.06. The van der Waals surface area contributed by atoms with E-state index in [9.17, 15) is 32.4 Å². The second kappa shape index (κ2) is 11.0. The van der Waals surface area contributed by atoms with Gasteiger partial charge in [0, 0.05) is 5.69 Å². The van der Waals surface area contributed by atoms with Gasteiger partial charge in [-0.2, -0.15) is 18.4 Å². The number of benzene rings is 3. The molecule has 3 aromatic rings. The quantitative estimate of drug-likeness (QED) is 0.267. The van der Waals surface area contributed by atoms with E-state index in [-0.39, 0.29) is 22.7 Å². The second-order valence-corrected chi connectivity index (χ2v) is 7.09. The predicted octanol–water partition coefficient (Wildman–Crippen LogP) is 5.41. The normalized spacial score (nSPS) is 11.3. The van der Waals surface area contributed by atoms with Crippen LogP contribution in [0.4, 0.5) is 28.9 Å². The van der Waals surface area contributed by atoms with E-state index in [0.29, 0.717) is 5.56 Å². The third-order valence-corrected chi connectivity index (χ3v) is 4.50. The number of nitriles is 1. The van der Waals surface area contributed by atoms with Gasteiger partial charge >= 0.3 is 6.18 Å². The van der Waals surface area contributed by atoms with Crippen LogP contribution in [-0.4, -0.2) is 18.4 Å². The predicted molar refractivity (Wildman–Crippen MR) is 121 cm³/mol. The molecule has 0 unspecified atom stereocenters. The molecule has 178 valence electrons. The lowest BCUT2D eigenvalue weighted by Crippen LogP contribution is -2.20. The fourth-order valence-corrected chi connectivity index (χ4v) is 2.88. The molecule has 0 aromatic heterocycles. The van der Waals surface area contributed by atoms with Crippen LogP contribution in [0.15, 0.2) is 78.4 Å². The first-order valence-corrected chi connectivity index (χ1v) is 10.0. The topological polar surface area (TPSA) is 91.2 Å². The van der Waals surface area contributed by atoms with Crippen molar-refractivity contribution in [2.24, 2.45) is 0 Å². The first kappa shape index (κ1) is 25.0. The summed E-state index contributed by atoms with van der Waals surface area (Å²) in [7, 11) is 0. The van der Waals surface area contributed by atoms with Gasteiger partial charge in [0.15, 0.2) is 6.61 Å². The van der Waals surface area contributed by atoms with Gasteiger partial charge in [-0.15, -0.1) is 0 Å². The average Bonchev–Trinajstić information content (AvgIpc) is 2.82. The summed E-state index contributed by atoms with van der Waals surface area (Å²) < 4.78 is 57.6. The summed E-state index contributed by atoms with van der Waals surface area (Å²) in [6.45, 7) is -0.428. The zero-order chi connectivity index (χ0) is 25.4. The molecule has 0 fully saturated rings. The number of carbonyl (C=O) groups is 2. The van der Waals surface area contributed by atoms with Crippen molar-refractivity contribution in [2.45, 2.75) is 6.18 Å². The molecule has 0 atom stereocenters. The van der Waals surface area contributed by atoms with Crippen LogP contribution in [-0.2, 0) is 15.8 Å². The highest BCUT2D eigenvalue weighted by atomic mass is 19.4. The maximum atomic E-state index is 13.6. The standard InChI is InChI=1S/C25H17F4N3O3/c26-21-9-1-2-10-22(21)32-23(33)15-35-20-8-3-5-16(12-20)11-17(14-30)24(34)31-19-7-4-6-18(13-19)25(27,28)29/h1-13H,15H2,(H,31,34)(H,32,33)/b17-11+. The van der Waals surface area contributed by atoms with E-state index >= 15 is 0 Å². The zero-order valence-electron chi connectivity index (χ0n) is 17.9. The van der Waals surface area contributed by atoms with E-state index in [1.165, 1.54) is 42.5 Å². The van der Waals surface area contributed by atoms with E-state index in [1.54, 1.807) is 24.3 Å². The van der Waals surface area contributed by atoms with E-state index < -0.39 is 36.0 Å². The van der Waals surface area contributed by atoms with E-state index in [0.717, 1.165) is 18.2 Å². The molecule has 0 saturated carbocycles. The summed E-state index contributed by atoms with van der Waals surface area (Å²) in [5, 5.41) is 14.0. The molecule has 0 aliphatic carbocycles. The maximum Gasteiger partial charge on any atom is 0.416 e. The van der Waals surface area contributed by atoms with E-state index in [1.807, 2.05) is 0 Å². The minimum absolute atomic E-state index is 0.00299. The fraction of sp³-hybridized carbons (Fsp3) is 0.0800. The van der Waals surface area contributed by atoms with Gasteiger partial charge < -0.3 is 15.4 Å². The van der Waals surface area contributed by atoms with Crippen molar-refractivity contribution in [1.82, 2.24) is 0 Å². The second-order valence-electron chi connectivity index (χ2n) is 7.09. The summed E-state index contributed by atoms with van der Waals surface area (Å²) in [4.78, 5) is 24.4. The highest BCUT2D eigenvalue weighted by molar-refractivity contribution is 6.09. The molecule has 0 aliphatic rings. The number of halogens is 4. The maximum absolute atomic E-state index is 13.6. The number of ether oxygens (including phenoxy) is 1. The van der Waals surface area contributed by atoms with Gasteiger partial charge in [0.2, 0.25) is 0 Å². The molecule has 2 N–H and O–H groups in total. The molecule has 35 heavy (non-hydrogen) atoms. The van der Waals surface area contributed by atoms with Crippen LogP contribution in [0.3, 0.4) is 0 Å². The Bertz CT molecular complexity index is 1310. The van der Waals surface area contributed by atoms with Crippen LogP contribution in [0.25, 0.3) is 6.08 Å². The molecular formula is C25H17F4N3O3. The molecule has 3 aromatic carbocycles.